The summed E-state index contributed by atoms with van der Waals surface area (Å²) in [6.07, 6.45) is -4.28. The van der Waals surface area contributed by atoms with Crippen molar-refractivity contribution >= 4 is 23.4 Å². The molecular weight excluding hydrogens is 377 g/mol. The molecule has 0 bridgehead atoms. The molecular formula is C16H18ClF3N2O4. The Kier molecular flexibility index (Phi) is 8.94. The van der Waals surface area contributed by atoms with Gasteiger partial charge in [-0.1, -0.05) is 18.2 Å². The first-order valence-electron chi connectivity index (χ1n) is 7.43. The van der Waals surface area contributed by atoms with E-state index >= 15 is 0 Å². The lowest BCUT2D eigenvalue weighted by Crippen LogP contribution is -2.33. The van der Waals surface area contributed by atoms with Gasteiger partial charge in [0.25, 0.3) is 5.91 Å². The van der Waals surface area contributed by atoms with Crippen LogP contribution in [0.3, 0.4) is 0 Å². The second kappa shape index (κ2) is 10.7. The average Bonchev–Trinajstić information content (AvgIpc) is 2.53. The standard InChI is InChI=1S/C16H18ClF3N2O4/c1-11(22-15(24)8-25-10-16(18,19)20)6-7-21-14(23)9-26-13-4-2-12(17)3-5-13/h2-5H,1,6-10H2,(H,21,23)(H,22,24). The van der Waals surface area contributed by atoms with E-state index in [1.54, 1.807) is 24.3 Å². The van der Waals surface area contributed by atoms with Gasteiger partial charge in [-0.15, -0.1) is 0 Å². The number of alkyl halides is 3. The van der Waals surface area contributed by atoms with E-state index < -0.39 is 25.3 Å². The summed E-state index contributed by atoms with van der Waals surface area (Å²) in [5.41, 5.74) is 0.240. The van der Waals surface area contributed by atoms with Gasteiger partial charge in [0.2, 0.25) is 5.91 Å². The van der Waals surface area contributed by atoms with Gasteiger partial charge in [-0.25, -0.2) is 0 Å². The first-order valence-corrected chi connectivity index (χ1v) is 7.80. The van der Waals surface area contributed by atoms with Crippen LogP contribution in [0.2, 0.25) is 5.02 Å². The number of nitrogens with one attached hydrogen (secondary N) is 2. The Balaban J connectivity index is 2.13. The summed E-state index contributed by atoms with van der Waals surface area (Å²) >= 11 is 5.73. The molecule has 0 atom stereocenters. The Morgan fingerprint density at radius 1 is 1.12 bits per heavy atom. The van der Waals surface area contributed by atoms with Crippen LogP contribution in [-0.2, 0) is 14.3 Å². The molecule has 0 radical (unpaired) electrons. The number of amides is 2. The number of ether oxygens (including phenoxy) is 2. The average molecular weight is 395 g/mol. The number of carbonyl (C=O) groups excluding carboxylic acids is 2. The van der Waals surface area contributed by atoms with Crippen LogP contribution in [0.25, 0.3) is 0 Å². The summed E-state index contributed by atoms with van der Waals surface area (Å²) < 4.78 is 45.1. The molecule has 2 amide bonds. The van der Waals surface area contributed by atoms with Crippen molar-refractivity contribution in [3.63, 3.8) is 0 Å². The Morgan fingerprint density at radius 2 is 1.77 bits per heavy atom. The molecule has 0 fully saturated rings. The number of hydrogen-bond acceptors (Lipinski definition) is 4. The third-order valence-electron chi connectivity index (χ3n) is 2.75. The zero-order valence-electron chi connectivity index (χ0n) is 13.7. The van der Waals surface area contributed by atoms with Crippen LogP contribution in [-0.4, -0.2) is 44.4 Å². The van der Waals surface area contributed by atoms with Gasteiger partial charge in [-0.2, -0.15) is 13.2 Å². The lowest BCUT2D eigenvalue weighted by Gasteiger charge is -2.11. The molecule has 0 saturated heterocycles. The van der Waals surface area contributed by atoms with E-state index in [2.05, 4.69) is 21.9 Å². The maximum atomic E-state index is 11.9. The van der Waals surface area contributed by atoms with Crippen molar-refractivity contribution < 1.29 is 32.2 Å². The van der Waals surface area contributed by atoms with E-state index in [4.69, 9.17) is 16.3 Å². The van der Waals surface area contributed by atoms with Crippen molar-refractivity contribution in [3.8, 4) is 5.75 Å². The highest BCUT2D eigenvalue weighted by Gasteiger charge is 2.27. The first kappa shape index (κ1) is 21.8. The predicted octanol–water partition coefficient (Wildman–Crippen LogP) is 2.43. The highest BCUT2D eigenvalue weighted by molar-refractivity contribution is 6.30. The summed E-state index contributed by atoms with van der Waals surface area (Å²) in [5.74, 6) is -0.649. The van der Waals surface area contributed by atoms with Gasteiger partial charge in [-0.05, 0) is 24.3 Å². The topological polar surface area (TPSA) is 76.7 Å². The second-order valence-electron chi connectivity index (χ2n) is 5.10. The first-order chi connectivity index (χ1) is 12.2. The lowest BCUT2D eigenvalue weighted by atomic mass is 10.3. The Bertz CT molecular complexity index is 621. The molecule has 0 saturated carbocycles. The summed E-state index contributed by atoms with van der Waals surface area (Å²) in [5, 5.41) is 5.38. The van der Waals surface area contributed by atoms with E-state index in [0.29, 0.717) is 10.8 Å². The Morgan fingerprint density at radius 3 is 2.38 bits per heavy atom. The largest absolute Gasteiger partial charge is 0.484 e. The molecule has 1 rings (SSSR count). The van der Waals surface area contributed by atoms with E-state index in [1.165, 1.54) is 0 Å². The van der Waals surface area contributed by atoms with Crippen LogP contribution in [0.5, 0.6) is 5.75 Å². The van der Waals surface area contributed by atoms with Crippen LogP contribution < -0.4 is 15.4 Å². The van der Waals surface area contributed by atoms with Crippen LogP contribution in [0, 0.1) is 0 Å². The van der Waals surface area contributed by atoms with E-state index in [9.17, 15) is 22.8 Å². The molecule has 10 heteroatoms. The molecule has 2 N–H and O–H groups in total. The van der Waals surface area contributed by atoms with Crippen LogP contribution >= 0.6 is 11.6 Å². The summed E-state index contributed by atoms with van der Waals surface area (Å²) in [6, 6.07) is 6.49. The van der Waals surface area contributed by atoms with E-state index in [1.807, 2.05) is 0 Å². The summed E-state index contributed by atoms with van der Waals surface area (Å²) in [4.78, 5) is 23.0. The van der Waals surface area contributed by atoms with Gasteiger partial charge in [0.05, 0.1) is 0 Å². The Labute approximate surface area is 153 Å². The fraction of sp³-hybridized carbons (Fsp3) is 0.375. The quantitative estimate of drug-likeness (QED) is 0.639. The second-order valence-corrected chi connectivity index (χ2v) is 5.54. The van der Waals surface area contributed by atoms with Crippen molar-refractivity contribution in [3.05, 3.63) is 41.6 Å². The summed E-state index contributed by atoms with van der Waals surface area (Å²) in [6.45, 7) is 1.28. The van der Waals surface area contributed by atoms with Crippen LogP contribution in [0.4, 0.5) is 13.2 Å². The monoisotopic (exact) mass is 394 g/mol. The number of carbonyl (C=O) groups is 2. The molecule has 1 aromatic carbocycles. The van der Waals surface area contributed by atoms with Crippen molar-refractivity contribution in [1.82, 2.24) is 10.6 Å². The van der Waals surface area contributed by atoms with Crippen LogP contribution in [0.15, 0.2) is 36.5 Å². The number of halogens is 4. The molecule has 0 aliphatic carbocycles. The minimum atomic E-state index is -4.49. The molecule has 0 heterocycles. The normalized spacial score (nSPS) is 10.9. The highest BCUT2D eigenvalue weighted by atomic mass is 35.5. The molecule has 1 aromatic rings. The maximum absolute atomic E-state index is 11.9. The van der Waals surface area contributed by atoms with Crippen LogP contribution in [0.1, 0.15) is 6.42 Å². The van der Waals surface area contributed by atoms with Crippen molar-refractivity contribution in [2.24, 2.45) is 0 Å². The Hall–Kier alpha value is -2.26. The molecule has 0 unspecified atom stereocenters. The molecule has 0 spiro atoms. The number of benzene rings is 1. The van der Waals surface area contributed by atoms with Gasteiger partial charge < -0.3 is 20.1 Å². The van der Waals surface area contributed by atoms with Gasteiger partial charge in [-0.3, -0.25) is 9.59 Å². The predicted molar refractivity (Wildman–Crippen MR) is 88.7 cm³/mol. The minimum absolute atomic E-state index is 0.172. The molecule has 26 heavy (non-hydrogen) atoms. The fourth-order valence-corrected chi connectivity index (χ4v) is 1.76. The minimum Gasteiger partial charge on any atom is -0.484 e. The van der Waals surface area contributed by atoms with Crippen molar-refractivity contribution in [2.75, 3.05) is 26.4 Å². The maximum Gasteiger partial charge on any atom is 0.411 e. The third-order valence-corrected chi connectivity index (χ3v) is 3.00. The van der Waals surface area contributed by atoms with Gasteiger partial charge in [0.1, 0.15) is 19.0 Å². The molecule has 0 aliphatic rings. The zero-order chi connectivity index (χ0) is 19.6. The van der Waals surface area contributed by atoms with Crippen molar-refractivity contribution in [2.45, 2.75) is 12.6 Å². The zero-order valence-corrected chi connectivity index (χ0v) is 14.5. The van der Waals surface area contributed by atoms with Gasteiger partial charge in [0, 0.05) is 23.7 Å². The molecule has 0 aliphatic heterocycles. The SMILES string of the molecule is C=C(CCNC(=O)COc1ccc(Cl)cc1)NC(=O)COCC(F)(F)F. The summed E-state index contributed by atoms with van der Waals surface area (Å²) in [7, 11) is 0. The van der Waals surface area contributed by atoms with Gasteiger partial charge >= 0.3 is 6.18 Å². The van der Waals surface area contributed by atoms with Crippen molar-refractivity contribution in [1.29, 1.82) is 0 Å². The van der Waals surface area contributed by atoms with E-state index in [-0.39, 0.29) is 31.2 Å². The van der Waals surface area contributed by atoms with Gasteiger partial charge in [0.15, 0.2) is 6.61 Å². The number of rotatable bonds is 10. The fourth-order valence-electron chi connectivity index (χ4n) is 1.64. The third kappa shape index (κ3) is 10.6. The highest BCUT2D eigenvalue weighted by Crippen LogP contribution is 2.15. The molecule has 6 nitrogen and oxygen atoms in total. The number of hydrogen-bond donors (Lipinski definition) is 2. The molecule has 144 valence electrons. The lowest BCUT2D eigenvalue weighted by molar-refractivity contribution is -0.175. The smallest absolute Gasteiger partial charge is 0.411 e. The molecule has 0 aromatic heterocycles. The van der Waals surface area contributed by atoms with E-state index in [0.717, 1.165) is 0 Å².